The Bertz CT molecular complexity index is 353. The molecule has 0 radical (unpaired) electrons. The van der Waals surface area contributed by atoms with Crippen LogP contribution in [0.4, 0.5) is 0 Å². The van der Waals surface area contributed by atoms with Crippen molar-refractivity contribution < 1.29 is 14.9 Å². The lowest BCUT2D eigenvalue weighted by molar-refractivity contribution is 0.0773. The lowest BCUT2D eigenvalue weighted by Gasteiger charge is -2.34. The van der Waals surface area contributed by atoms with E-state index in [9.17, 15) is 5.11 Å². The second kappa shape index (κ2) is 6.61. The monoisotopic (exact) mass is 251 g/mol. The molecular formula is C14H21NO3. The van der Waals surface area contributed by atoms with Gasteiger partial charge in [0.2, 0.25) is 0 Å². The van der Waals surface area contributed by atoms with E-state index in [-0.39, 0.29) is 12.4 Å². The Morgan fingerprint density at radius 2 is 2.00 bits per heavy atom. The van der Waals surface area contributed by atoms with Gasteiger partial charge in [0.15, 0.2) is 0 Å². The number of hydrogen-bond acceptors (Lipinski definition) is 4. The highest BCUT2D eigenvalue weighted by molar-refractivity contribution is 5.29. The van der Waals surface area contributed by atoms with Crippen molar-refractivity contribution in [1.82, 2.24) is 4.90 Å². The van der Waals surface area contributed by atoms with E-state index in [1.165, 1.54) is 12.8 Å². The first-order chi connectivity index (χ1) is 8.79. The van der Waals surface area contributed by atoms with Crippen molar-refractivity contribution in [2.24, 2.45) is 0 Å². The Balaban J connectivity index is 1.75. The first-order valence-electron chi connectivity index (χ1n) is 6.56. The Morgan fingerprint density at radius 3 is 2.72 bits per heavy atom. The minimum atomic E-state index is 0.235. The van der Waals surface area contributed by atoms with Crippen molar-refractivity contribution in [2.45, 2.75) is 25.3 Å². The number of benzene rings is 1. The Morgan fingerprint density at radius 1 is 1.22 bits per heavy atom. The molecule has 0 aliphatic carbocycles. The summed E-state index contributed by atoms with van der Waals surface area (Å²) >= 11 is 0. The van der Waals surface area contributed by atoms with E-state index in [2.05, 4.69) is 4.90 Å². The number of phenolic OH excluding ortho intramolecular Hbond substituents is 1. The van der Waals surface area contributed by atoms with Crippen LogP contribution in [0.2, 0.25) is 0 Å². The highest BCUT2D eigenvalue weighted by Crippen LogP contribution is 2.18. The second-order valence-electron chi connectivity index (χ2n) is 4.71. The minimum Gasteiger partial charge on any atom is -0.508 e. The number of hydrogen-bond donors (Lipinski definition) is 2. The van der Waals surface area contributed by atoms with E-state index in [1.807, 2.05) is 0 Å². The summed E-state index contributed by atoms with van der Waals surface area (Å²) in [6, 6.07) is 7.05. The van der Waals surface area contributed by atoms with Crippen LogP contribution in [-0.2, 0) is 0 Å². The summed E-state index contributed by atoms with van der Waals surface area (Å²) in [6.07, 6.45) is 3.49. The maximum atomic E-state index is 9.30. The largest absolute Gasteiger partial charge is 0.508 e. The molecule has 0 saturated carbocycles. The molecule has 0 amide bonds. The number of aromatic hydroxyl groups is 1. The molecule has 4 nitrogen and oxygen atoms in total. The van der Waals surface area contributed by atoms with Gasteiger partial charge < -0.3 is 14.9 Å². The zero-order valence-electron chi connectivity index (χ0n) is 10.6. The van der Waals surface area contributed by atoms with Crippen molar-refractivity contribution >= 4 is 0 Å². The van der Waals surface area contributed by atoms with E-state index in [0.29, 0.717) is 12.6 Å². The number of ether oxygens (including phenoxy) is 1. The van der Waals surface area contributed by atoms with E-state index in [4.69, 9.17) is 9.84 Å². The minimum absolute atomic E-state index is 0.235. The molecule has 1 fully saturated rings. The highest BCUT2D eigenvalue weighted by Gasteiger charge is 2.20. The summed E-state index contributed by atoms with van der Waals surface area (Å²) in [5, 5.41) is 18.5. The number of phenols is 1. The van der Waals surface area contributed by atoms with Gasteiger partial charge in [-0.05, 0) is 43.7 Å². The molecule has 2 N–H and O–H groups in total. The van der Waals surface area contributed by atoms with Gasteiger partial charge in [0.05, 0.1) is 6.61 Å². The molecule has 1 heterocycles. The fourth-order valence-electron chi connectivity index (χ4n) is 2.38. The van der Waals surface area contributed by atoms with E-state index >= 15 is 0 Å². The zero-order chi connectivity index (χ0) is 12.8. The first kappa shape index (κ1) is 13.2. The zero-order valence-corrected chi connectivity index (χ0v) is 10.6. The third kappa shape index (κ3) is 3.62. The van der Waals surface area contributed by atoms with Gasteiger partial charge >= 0.3 is 0 Å². The molecule has 0 spiro atoms. The average molecular weight is 251 g/mol. The fourth-order valence-corrected chi connectivity index (χ4v) is 2.38. The van der Waals surface area contributed by atoms with Crippen LogP contribution in [0.25, 0.3) is 0 Å². The van der Waals surface area contributed by atoms with Crippen LogP contribution >= 0.6 is 0 Å². The van der Waals surface area contributed by atoms with Crippen molar-refractivity contribution in [2.75, 3.05) is 26.3 Å². The number of likely N-dealkylation sites (tertiary alicyclic amines) is 1. The average Bonchev–Trinajstić information content (AvgIpc) is 2.41. The van der Waals surface area contributed by atoms with Gasteiger partial charge in [-0.1, -0.05) is 6.42 Å². The number of aliphatic hydroxyl groups excluding tert-OH is 1. The molecule has 1 unspecified atom stereocenters. The quantitative estimate of drug-likeness (QED) is 0.835. The van der Waals surface area contributed by atoms with Crippen LogP contribution < -0.4 is 4.74 Å². The number of aliphatic hydroxyl groups is 1. The molecule has 1 atom stereocenters. The molecule has 100 valence electrons. The van der Waals surface area contributed by atoms with Gasteiger partial charge in [-0.3, -0.25) is 4.90 Å². The summed E-state index contributed by atoms with van der Waals surface area (Å²) in [6.45, 7) is 2.73. The summed E-state index contributed by atoms with van der Waals surface area (Å²) in [5.74, 6) is 1.02. The molecule has 1 aliphatic heterocycles. The topological polar surface area (TPSA) is 52.9 Å². The predicted octanol–water partition coefficient (Wildman–Crippen LogP) is 1.62. The van der Waals surface area contributed by atoms with Crippen LogP contribution in [0.15, 0.2) is 24.3 Å². The van der Waals surface area contributed by atoms with Crippen molar-refractivity contribution in [3.8, 4) is 11.5 Å². The molecule has 1 aliphatic rings. The molecule has 1 aromatic carbocycles. The van der Waals surface area contributed by atoms with Crippen LogP contribution in [0.1, 0.15) is 19.3 Å². The lowest BCUT2D eigenvalue weighted by atomic mass is 10.0. The van der Waals surface area contributed by atoms with Crippen molar-refractivity contribution in [1.29, 1.82) is 0 Å². The van der Waals surface area contributed by atoms with Crippen LogP contribution in [0.3, 0.4) is 0 Å². The SMILES string of the molecule is OCC1CCCCN1CCOc1ccc(O)cc1. The molecule has 4 heteroatoms. The van der Waals surface area contributed by atoms with Crippen LogP contribution in [-0.4, -0.2) is 47.5 Å². The van der Waals surface area contributed by atoms with Crippen molar-refractivity contribution in [3.05, 3.63) is 24.3 Å². The third-order valence-corrected chi connectivity index (χ3v) is 3.44. The highest BCUT2D eigenvalue weighted by atomic mass is 16.5. The third-order valence-electron chi connectivity index (χ3n) is 3.44. The fraction of sp³-hybridized carbons (Fsp3) is 0.571. The molecule has 18 heavy (non-hydrogen) atoms. The summed E-state index contributed by atoms with van der Waals surface area (Å²) in [7, 11) is 0. The van der Waals surface area contributed by atoms with Gasteiger partial charge in [0.25, 0.3) is 0 Å². The maximum absolute atomic E-state index is 9.30. The molecule has 1 aromatic rings. The van der Waals surface area contributed by atoms with E-state index in [0.717, 1.165) is 25.3 Å². The lowest BCUT2D eigenvalue weighted by Crippen LogP contribution is -2.43. The number of piperidine rings is 1. The number of nitrogens with zero attached hydrogens (tertiary/aromatic N) is 1. The van der Waals surface area contributed by atoms with E-state index in [1.54, 1.807) is 24.3 Å². The predicted molar refractivity (Wildman–Crippen MR) is 69.9 cm³/mol. The summed E-state index contributed by atoms with van der Waals surface area (Å²) < 4.78 is 5.62. The molecule has 1 saturated heterocycles. The second-order valence-corrected chi connectivity index (χ2v) is 4.71. The van der Waals surface area contributed by atoms with Gasteiger partial charge in [-0.25, -0.2) is 0 Å². The van der Waals surface area contributed by atoms with E-state index < -0.39 is 0 Å². The Hall–Kier alpha value is -1.26. The van der Waals surface area contributed by atoms with Gasteiger partial charge in [-0.2, -0.15) is 0 Å². The van der Waals surface area contributed by atoms with Crippen LogP contribution in [0.5, 0.6) is 11.5 Å². The standard InChI is InChI=1S/C14H21NO3/c16-11-12-3-1-2-8-15(12)9-10-18-14-6-4-13(17)5-7-14/h4-7,12,16-17H,1-3,8-11H2. The molecule has 2 rings (SSSR count). The van der Waals surface area contributed by atoms with Gasteiger partial charge in [0, 0.05) is 12.6 Å². The Kier molecular flexibility index (Phi) is 4.84. The molecule has 0 bridgehead atoms. The molecular weight excluding hydrogens is 230 g/mol. The number of rotatable bonds is 5. The van der Waals surface area contributed by atoms with Gasteiger partial charge in [-0.15, -0.1) is 0 Å². The normalized spacial score (nSPS) is 20.8. The first-order valence-corrected chi connectivity index (χ1v) is 6.56. The Labute approximate surface area is 108 Å². The van der Waals surface area contributed by atoms with Crippen molar-refractivity contribution in [3.63, 3.8) is 0 Å². The van der Waals surface area contributed by atoms with Gasteiger partial charge in [0.1, 0.15) is 18.1 Å². The summed E-state index contributed by atoms with van der Waals surface area (Å²) in [5.41, 5.74) is 0. The maximum Gasteiger partial charge on any atom is 0.119 e. The smallest absolute Gasteiger partial charge is 0.119 e. The van der Waals surface area contributed by atoms with Crippen LogP contribution in [0, 0.1) is 0 Å². The summed E-state index contributed by atoms with van der Waals surface area (Å²) in [4.78, 5) is 2.30. The molecule has 0 aromatic heterocycles.